The van der Waals surface area contributed by atoms with E-state index in [1.165, 1.54) is 12.3 Å². The van der Waals surface area contributed by atoms with Crippen molar-refractivity contribution in [3.63, 3.8) is 0 Å². The van der Waals surface area contributed by atoms with E-state index in [1.54, 1.807) is 0 Å². The van der Waals surface area contributed by atoms with E-state index in [1.807, 2.05) is 0 Å². The van der Waals surface area contributed by atoms with Crippen molar-refractivity contribution < 1.29 is 13.6 Å². The average molecular weight is 249 g/mol. The van der Waals surface area contributed by atoms with Crippen LogP contribution >= 0.6 is 0 Å². The van der Waals surface area contributed by atoms with E-state index in [0.717, 1.165) is 24.4 Å². The van der Waals surface area contributed by atoms with Gasteiger partial charge in [0.2, 0.25) is 0 Å². The Hall–Kier alpha value is -2.50. The average Bonchev–Trinajstić information content (AvgIpc) is 2.27. The largest absolute Gasteiger partial charge is 0.399 e. The number of nitrogens with zero attached hydrogens (tertiary/aromatic N) is 1. The third-order valence-corrected chi connectivity index (χ3v) is 2.15. The third kappa shape index (κ3) is 2.79. The Labute approximate surface area is 101 Å². The van der Waals surface area contributed by atoms with Gasteiger partial charge in [-0.3, -0.25) is 9.78 Å². The van der Waals surface area contributed by atoms with Gasteiger partial charge in [0.05, 0.1) is 18.1 Å². The van der Waals surface area contributed by atoms with Crippen LogP contribution in [-0.4, -0.2) is 10.9 Å². The molecule has 1 amide bonds. The number of aromatic nitrogens is 1. The van der Waals surface area contributed by atoms with Gasteiger partial charge in [-0.2, -0.15) is 0 Å². The molecule has 92 valence electrons. The van der Waals surface area contributed by atoms with E-state index >= 15 is 0 Å². The highest BCUT2D eigenvalue weighted by atomic mass is 19.1. The molecule has 0 fully saturated rings. The Morgan fingerprint density at radius 1 is 1.11 bits per heavy atom. The fourth-order valence-electron chi connectivity index (χ4n) is 1.43. The molecule has 2 rings (SSSR count). The number of pyridine rings is 1. The molecule has 0 atom stereocenters. The quantitative estimate of drug-likeness (QED) is 0.801. The van der Waals surface area contributed by atoms with Gasteiger partial charge in [0, 0.05) is 17.3 Å². The van der Waals surface area contributed by atoms with Crippen molar-refractivity contribution in [2.24, 2.45) is 0 Å². The van der Waals surface area contributed by atoms with E-state index in [2.05, 4.69) is 10.3 Å². The van der Waals surface area contributed by atoms with Gasteiger partial charge in [-0.1, -0.05) is 0 Å². The molecule has 0 aliphatic heterocycles. The summed E-state index contributed by atoms with van der Waals surface area (Å²) in [6, 6.07) is 4.57. The van der Waals surface area contributed by atoms with Crippen LogP contribution in [0.2, 0.25) is 0 Å². The van der Waals surface area contributed by atoms with Crippen molar-refractivity contribution in [1.29, 1.82) is 0 Å². The maximum absolute atomic E-state index is 13.1. The van der Waals surface area contributed by atoms with Crippen LogP contribution in [0, 0.1) is 11.6 Å². The molecule has 0 saturated carbocycles. The first kappa shape index (κ1) is 12.0. The second-order valence-corrected chi connectivity index (χ2v) is 3.62. The highest BCUT2D eigenvalue weighted by Gasteiger charge is 2.09. The summed E-state index contributed by atoms with van der Waals surface area (Å²) in [6.07, 6.45) is 2.29. The molecule has 0 radical (unpaired) electrons. The molecule has 3 N–H and O–H groups in total. The summed E-state index contributed by atoms with van der Waals surface area (Å²) >= 11 is 0. The Morgan fingerprint density at radius 3 is 2.56 bits per heavy atom. The standard InChI is InChI=1S/C12H9F2N3O/c13-8-1-7(2-10(15)3-8)12(18)17-11-4-9(14)5-16-6-11/h1-6H,15H2,(H,17,18). The Kier molecular flexibility index (Phi) is 3.18. The van der Waals surface area contributed by atoms with Crippen molar-refractivity contribution in [3.05, 3.63) is 53.9 Å². The van der Waals surface area contributed by atoms with Crippen LogP contribution < -0.4 is 11.1 Å². The topological polar surface area (TPSA) is 68.0 Å². The minimum absolute atomic E-state index is 0.0526. The normalized spacial score (nSPS) is 10.1. The number of carbonyl (C=O) groups excluding carboxylic acids is 1. The smallest absolute Gasteiger partial charge is 0.255 e. The lowest BCUT2D eigenvalue weighted by molar-refractivity contribution is 0.102. The summed E-state index contributed by atoms with van der Waals surface area (Å²) in [4.78, 5) is 15.3. The summed E-state index contributed by atoms with van der Waals surface area (Å²) < 4.78 is 25.9. The Bertz CT molecular complexity index is 581. The number of amides is 1. The van der Waals surface area contributed by atoms with Crippen molar-refractivity contribution in [1.82, 2.24) is 4.98 Å². The van der Waals surface area contributed by atoms with Crippen LogP contribution in [0.3, 0.4) is 0 Å². The summed E-state index contributed by atoms with van der Waals surface area (Å²) in [5, 5.41) is 2.39. The maximum Gasteiger partial charge on any atom is 0.255 e. The molecule has 0 saturated heterocycles. The number of benzene rings is 1. The van der Waals surface area contributed by atoms with E-state index < -0.39 is 17.5 Å². The molecule has 1 heterocycles. The summed E-state index contributed by atoms with van der Waals surface area (Å²) in [6.45, 7) is 0. The van der Waals surface area contributed by atoms with Crippen LogP contribution in [0.4, 0.5) is 20.2 Å². The number of anilines is 2. The second kappa shape index (κ2) is 4.79. The molecule has 0 spiro atoms. The summed E-state index contributed by atoms with van der Waals surface area (Å²) in [7, 11) is 0. The molecule has 18 heavy (non-hydrogen) atoms. The van der Waals surface area contributed by atoms with Crippen molar-refractivity contribution in [2.75, 3.05) is 11.1 Å². The lowest BCUT2D eigenvalue weighted by atomic mass is 10.2. The molecule has 2 aromatic rings. The lowest BCUT2D eigenvalue weighted by Gasteiger charge is -2.05. The summed E-state index contributed by atoms with van der Waals surface area (Å²) in [5.41, 5.74) is 5.79. The monoisotopic (exact) mass is 249 g/mol. The fraction of sp³-hybridized carbons (Fsp3) is 0. The van der Waals surface area contributed by atoms with Crippen molar-refractivity contribution in [2.45, 2.75) is 0 Å². The number of halogens is 2. The minimum Gasteiger partial charge on any atom is -0.399 e. The van der Waals surface area contributed by atoms with Gasteiger partial charge in [0.15, 0.2) is 0 Å². The van der Waals surface area contributed by atoms with Gasteiger partial charge in [-0.25, -0.2) is 8.78 Å². The molecule has 0 bridgehead atoms. The molecule has 1 aromatic heterocycles. The maximum atomic E-state index is 13.1. The van der Waals surface area contributed by atoms with Crippen molar-refractivity contribution >= 4 is 17.3 Å². The summed E-state index contributed by atoms with van der Waals surface area (Å²) in [5.74, 6) is -1.78. The molecule has 0 aliphatic carbocycles. The predicted octanol–water partition coefficient (Wildman–Crippen LogP) is 2.19. The number of carbonyl (C=O) groups is 1. The molecular weight excluding hydrogens is 240 g/mol. The zero-order chi connectivity index (χ0) is 13.1. The molecule has 4 nitrogen and oxygen atoms in total. The van der Waals surface area contributed by atoms with Crippen LogP contribution in [-0.2, 0) is 0 Å². The SMILES string of the molecule is Nc1cc(F)cc(C(=O)Nc2cncc(F)c2)c1. The first-order chi connectivity index (χ1) is 8.54. The van der Waals surface area contributed by atoms with E-state index in [4.69, 9.17) is 5.73 Å². The fourth-order valence-corrected chi connectivity index (χ4v) is 1.43. The number of nitrogens with one attached hydrogen (secondary N) is 1. The highest BCUT2D eigenvalue weighted by Crippen LogP contribution is 2.13. The molecule has 0 unspecified atom stereocenters. The number of nitrogens with two attached hydrogens (primary N) is 1. The zero-order valence-electron chi connectivity index (χ0n) is 9.15. The second-order valence-electron chi connectivity index (χ2n) is 3.62. The predicted molar refractivity (Wildman–Crippen MR) is 63.0 cm³/mol. The highest BCUT2D eigenvalue weighted by molar-refractivity contribution is 6.04. The van der Waals surface area contributed by atoms with Gasteiger partial charge in [-0.15, -0.1) is 0 Å². The molecule has 6 heteroatoms. The molecule has 0 aliphatic rings. The molecular formula is C12H9F2N3O. The Morgan fingerprint density at radius 2 is 1.89 bits per heavy atom. The van der Waals surface area contributed by atoms with Crippen molar-refractivity contribution in [3.8, 4) is 0 Å². The van der Waals surface area contributed by atoms with Gasteiger partial charge >= 0.3 is 0 Å². The van der Waals surface area contributed by atoms with Gasteiger partial charge in [-0.05, 0) is 18.2 Å². The van der Waals surface area contributed by atoms with Crippen LogP contribution in [0.15, 0.2) is 36.7 Å². The van der Waals surface area contributed by atoms with E-state index in [-0.39, 0.29) is 16.9 Å². The minimum atomic E-state index is -0.613. The van der Waals surface area contributed by atoms with Crippen LogP contribution in [0.5, 0.6) is 0 Å². The first-order valence-electron chi connectivity index (χ1n) is 5.02. The van der Waals surface area contributed by atoms with E-state index in [9.17, 15) is 13.6 Å². The number of nitrogen functional groups attached to an aromatic ring is 1. The van der Waals surface area contributed by atoms with Crippen LogP contribution in [0.25, 0.3) is 0 Å². The van der Waals surface area contributed by atoms with Gasteiger partial charge in [0.25, 0.3) is 5.91 Å². The number of hydrogen-bond acceptors (Lipinski definition) is 3. The van der Waals surface area contributed by atoms with Gasteiger partial charge < -0.3 is 11.1 Å². The van der Waals surface area contributed by atoms with E-state index in [0.29, 0.717) is 0 Å². The molecule has 1 aromatic carbocycles. The number of hydrogen-bond donors (Lipinski definition) is 2. The third-order valence-electron chi connectivity index (χ3n) is 2.15. The lowest BCUT2D eigenvalue weighted by Crippen LogP contribution is -2.13. The first-order valence-corrected chi connectivity index (χ1v) is 5.02. The van der Waals surface area contributed by atoms with Crippen LogP contribution in [0.1, 0.15) is 10.4 Å². The van der Waals surface area contributed by atoms with Gasteiger partial charge in [0.1, 0.15) is 11.6 Å². The Balaban J connectivity index is 2.22. The zero-order valence-corrected chi connectivity index (χ0v) is 9.15. The number of rotatable bonds is 2.